The van der Waals surface area contributed by atoms with Crippen LogP contribution >= 0.6 is 0 Å². The van der Waals surface area contributed by atoms with Gasteiger partial charge in [-0.3, -0.25) is 4.79 Å². The Labute approximate surface area is 157 Å². The largest absolute Gasteiger partial charge is 0.458 e. The van der Waals surface area contributed by atoms with Gasteiger partial charge in [-0.15, -0.1) is 0 Å². The van der Waals surface area contributed by atoms with E-state index in [1.54, 1.807) is 26.0 Å². The van der Waals surface area contributed by atoms with Crippen molar-refractivity contribution in [3.63, 3.8) is 0 Å². The molecule has 0 radical (unpaired) electrons. The minimum atomic E-state index is -1.26. The Bertz CT molecular complexity index is 587. The van der Waals surface area contributed by atoms with Crippen LogP contribution in [0.25, 0.3) is 0 Å². The molecule has 1 atom stereocenters. The molecule has 0 aliphatic heterocycles. The van der Waals surface area contributed by atoms with Crippen molar-refractivity contribution < 1.29 is 19.4 Å². The Hall–Kier alpha value is -1.88. The summed E-state index contributed by atoms with van der Waals surface area (Å²) < 4.78 is 5.60. The smallest absolute Gasteiger partial charge is 0.338 e. The summed E-state index contributed by atoms with van der Waals surface area (Å²) in [5, 5.41) is 10.3. The number of benzene rings is 1. The highest BCUT2D eigenvalue weighted by molar-refractivity contribution is 5.89. The molecule has 0 saturated carbocycles. The SMILES string of the molecule is CCCC(CC(=O)N(C(C)C)C(C)(C)O)OC(=O)c1ccc(CC)cc1. The fourth-order valence-corrected chi connectivity index (χ4v) is 3.14. The third-order valence-corrected chi connectivity index (χ3v) is 4.26. The lowest BCUT2D eigenvalue weighted by Crippen LogP contribution is -2.52. The maximum atomic E-state index is 12.7. The summed E-state index contributed by atoms with van der Waals surface area (Å²) >= 11 is 0. The van der Waals surface area contributed by atoms with Gasteiger partial charge in [-0.2, -0.15) is 0 Å². The number of hydrogen-bond acceptors (Lipinski definition) is 4. The average molecular weight is 363 g/mol. The van der Waals surface area contributed by atoms with Crippen LogP contribution in [0.1, 0.15) is 76.7 Å². The summed E-state index contributed by atoms with van der Waals surface area (Å²) in [6, 6.07) is 7.17. The molecule has 1 aromatic carbocycles. The van der Waals surface area contributed by atoms with Crippen molar-refractivity contribution in [3.8, 4) is 0 Å². The summed E-state index contributed by atoms with van der Waals surface area (Å²) in [4.78, 5) is 26.5. The first-order valence-electron chi connectivity index (χ1n) is 9.44. The van der Waals surface area contributed by atoms with Gasteiger partial charge in [0.1, 0.15) is 11.8 Å². The highest BCUT2D eigenvalue weighted by Crippen LogP contribution is 2.20. The molecule has 0 fully saturated rings. The first kappa shape index (κ1) is 22.2. The van der Waals surface area contributed by atoms with E-state index in [1.165, 1.54) is 4.90 Å². The van der Waals surface area contributed by atoms with Crippen molar-refractivity contribution >= 4 is 11.9 Å². The number of aliphatic hydroxyl groups is 1. The second-order valence-electron chi connectivity index (χ2n) is 7.42. The molecule has 1 rings (SSSR count). The summed E-state index contributed by atoms with van der Waals surface area (Å²) in [7, 11) is 0. The highest BCUT2D eigenvalue weighted by Gasteiger charge is 2.32. The number of aryl methyl sites for hydroxylation is 1. The van der Waals surface area contributed by atoms with Crippen LogP contribution in [0.2, 0.25) is 0 Å². The molecule has 0 spiro atoms. The molecular weight excluding hydrogens is 330 g/mol. The van der Waals surface area contributed by atoms with Crippen LogP contribution in [0.5, 0.6) is 0 Å². The summed E-state index contributed by atoms with van der Waals surface area (Å²) in [6.45, 7) is 10.9. The van der Waals surface area contributed by atoms with E-state index in [0.29, 0.717) is 12.0 Å². The molecular formula is C21H33NO4. The maximum absolute atomic E-state index is 12.7. The van der Waals surface area contributed by atoms with Gasteiger partial charge in [-0.05, 0) is 58.2 Å². The minimum absolute atomic E-state index is 0.0643. The zero-order chi connectivity index (χ0) is 19.9. The first-order valence-corrected chi connectivity index (χ1v) is 9.44. The standard InChI is InChI=1S/C21H33NO4/c1-7-9-18(14-19(23)22(15(3)4)21(5,6)25)26-20(24)17-12-10-16(8-2)11-13-17/h10-13,15,18,25H,7-9,14H2,1-6H3. The number of rotatable bonds is 9. The quantitative estimate of drug-likeness (QED) is 0.533. The van der Waals surface area contributed by atoms with E-state index in [4.69, 9.17) is 4.74 Å². The predicted octanol–water partition coefficient (Wildman–Crippen LogP) is 3.93. The molecule has 1 aromatic rings. The number of carbonyl (C=O) groups excluding carboxylic acids is 2. The van der Waals surface area contributed by atoms with Gasteiger partial charge >= 0.3 is 5.97 Å². The van der Waals surface area contributed by atoms with E-state index in [0.717, 1.165) is 18.4 Å². The van der Waals surface area contributed by atoms with Gasteiger partial charge in [0.15, 0.2) is 0 Å². The monoisotopic (exact) mass is 363 g/mol. The molecule has 1 amide bonds. The van der Waals surface area contributed by atoms with Gasteiger partial charge < -0.3 is 14.7 Å². The summed E-state index contributed by atoms with van der Waals surface area (Å²) in [5.74, 6) is -0.640. The number of amides is 1. The molecule has 5 heteroatoms. The lowest BCUT2D eigenvalue weighted by atomic mass is 10.1. The lowest BCUT2D eigenvalue weighted by molar-refractivity contribution is -0.160. The minimum Gasteiger partial charge on any atom is -0.458 e. The number of esters is 1. The van der Waals surface area contributed by atoms with Gasteiger partial charge in [0, 0.05) is 6.04 Å². The summed E-state index contributed by atoms with van der Waals surface area (Å²) in [5.41, 5.74) is 0.376. The Morgan fingerprint density at radius 3 is 2.15 bits per heavy atom. The van der Waals surface area contributed by atoms with Crippen LogP contribution in [0.4, 0.5) is 0 Å². The van der Waals surface area contributed by atoms with E-state index >= 15 is 0 Å². The third kappa shape index (κ3) is 6.45. The van der Waals surface area contributed by atoms with E-state index in [2.05, 4.69) is 6.92 Å². The second-order valence-corrected chi connectivity index (χ2v) is 7.42. The van der Waals surface area contributed by atoms with Gasteiger partial charge in [0.2, 0.25) is 5.91 Å². The second kappa shape index (κ2) is 9.72. The normalized spacial score (nSPS) is 12.8. The Morgan fingerprint density at radius 2 is 1.73 bits per heavy atom. The lowest BCUT2D eigenvalue weighted by Gasteiger charge is -2.38. The molecule has 0 aromatic heterocycles. The van der Waals surface area contributed by atoms with Gasteiger partial charge in [-0.25, -0.2) is 4.79 Å². The first-order chi connectivity index (χ1) is 12.1. The highest BCUT2D eigenvalue weighted by atomic mass is 16.5. The Morgan fingerprint density at radius 1 is 1.15 bits per heavy atom. The van der Waals surface area contributed by atoms with Crippen LogP contribution in [0.3, 0.4) is 0 Å². The topological polar surface area (TPSA) is 66.8 Å². The molecule has 0 saturated heterocycles. The van der Waals surface area contributed by atoms with Crippen molar-refractivity contribution in [3.05, 3.63) is 35.4 Å². The summed E-state index contributed by atoms with van der Waals surface area (Å²) in [6.07, 6.45) is 1.86. The Balaban J connectivity index is 2.84. The van der Waals surface area contributed by atoms with Crippen LogP contribution in [0, 0.1) is 0 Å². The van der Waals surface area contributed by atoms with Crippen LogP contribution in [0.15, 0.2) is 24.3 Å². The van der Waals surface area contributed by atoms with Crippen molar-refractivity contribution in [1.29, 1.82) is 0 Å². The fourth-order valence-electron chi connectivity index (χ4n) is 3.14. The van der Waals surface area contributed by atoms with Crippen molar-refractivity contribution in [2.45, 2.75) is 85.1 Å². The molecule has 0 bridgehead atoms. The van der Waals surface area contributed by atoms with Crippen molar-refractivity contribution in [2.75, 3.05) is 0 Å². The van der Waals surface area contributed by atoms with Gasteiger partial charge in [0.05, 0.1) is 12.0 Å². The molecule has 0 aliphatic rings. The van der Waals surface area contributed by atoms with Gasteiger partial charge in [0.25, 0.3) is 0 Å². The fraction of sp³-hybridized carbons (Fsp3) is 0.619. The zero-order valence-electron chi connectivity index (χ0n) is 16.9. The van der Waals surface area contributed by atoms with Crippen LogP contribution in [-0.2, 0) is 16.0 Å². The van der Waals surface area contributed by atoms with Crippen LogP contribution < -0.4 is 0 Å². The number of carbonyl (C=O) groups is 2. The molecule has 1 N–H and O–H groups in total. The molecule has 146 valence electrons. The van der Waals surface area contributed by atoms with E-state index in [-0.39, 0.29) is 18.4 Å². The van der Waals surface area contributed by atoms with E-state index in [9.17, 15) is 14.7 Å². The van der Waals surface area contributed by atoms with E-state index in [1.807, 2.05) is 32.9 Å². The zero-order valence-corrected chi connectivity index (χ0v) is 16.9. The van der Waals surface area contributed by atoms with Crippen molar-refractivity contribution in [1.82, 2.24) is 4.90 Å². The molecule has 0 heterocycles. The molecule has 5 nitrogen and oxygen atoms in total. The third-order valence-electron chi connectivity index (χ3n) is 4.26. The predicted molar refractivity (Wildman–Crippen MR) is 103 cm³/mol. The number of nitrogens with zero attached hydrogens (tertiary/aromatic N) is 1. The maximum Gasteiger partial charge on any atom is 0.338 e. The van der Waals surface area contributed by atoms with Crippen molar-refractivity contribution in [2.24, 2.45) is 0 Å². The number of ether oxygens (including phenoxy) is 1. The Kier molecular flexibility index (Phi) is 8.28. The van der Waals surface area contributed by atoms with Gasteiger partial charge in [-0.1, -0.05) is 32.4 Å². The van der Waals surface area contributed by atoms with E-state index < -0.39 is 17.8 Å². The average Bonchev–Trinajstić information content (AvgIpc) is 2.53. The molecule has 1 unspecified atom stereocenters. The molecule has 26 heavy (non-hydrogen) atoms. The van der Waals surface area contributed by atoms with Crippen LogP contribution in [-0.4, -0.2) is 39.8 Å². The molecule has 0 aliphatic carbocycles. The number of hydrogen-bond donors (Lipinski definition) is 1.